The fourth-order valence-corrected chi connectivity index (χ4v) is 6.61. The fraction of sp³-hybridized carbons (Fsp3) is 0.686. The van der Waals surface area contributed by atoms with Crippen LogP contribution in [0.5, 0.6) is 0 Å². The third kappa shape index (κ3) is 11.2. The first-order chi connectivity index (χ1) is 19.8. The average Bonchev–Trinajstić information content (AvgIpc) is 3.58. The number of hydrogen-bond acceptors (Lipinski definition) is 4. The number of carbonyl (C=O) groups is 1. The quantitative estimate of drug-likeness (QED) is 0.118. The van der Waals surface area contributed by atoms with Gasteiger partial charge >= 0.3 is 5.97 Å². The Morgan fingerprint density at radius 1 is 0.927 bits per heavy atom. The summed E-state index contributed by atoms with van der Waals surface area (Å²) in [6, 6.07) is 12.2. The molecule has 0 saturated heterocycles. The van der Waals surface area contributed by atoms with E-state index in [1.807, 2.05) is 24.4 Å². The van der Waals surface area contributed by atoms with Gasteiger partial charge in [0.15, 0.2) is 0 Å². The molecule has 6 nitrogen and oxygen atoms in total. The molecule has 1 aromatic heterocycles. The number of rotatable bonds is 21. The van der Waals surface area contributed by atoms with Gasteiger partial charge in [0.05, 0.1) is 23.7 Å². The molecule has 1 saturated carbocycles. The highest BCUT2D eigenvalue weighted by Crippen LogP contribution is 2.41. The van der Waals surface area contributed by atoms with Crippen molar-refractivity contribution in [2.24, 2.45) is 11.8 Å². The van der Waals surface area contributed by atoms with E-state index in [2.05, 4.69) is 30.1 Å². The molecule has 1 aliphatic rings. The first-order valence-corrected chi connectivity index (χ1v) is 16.3. The van der Waals surface area contributed by atoms with Gasteiger partial charge in [-0.1, -0.05) is 108 Å². The second-order valence-electron chi connectivity index (χ2n) is 12.5. The predicted molar refractivity (Wildman–Crippen MR) is 165 cm³/mol. The standard InChI is InChI=1S/C35H54NO5/c1-2-3-4-5-11-18-31(37)19-12-6-7-13-20-32(34(39)40)33(38)21-23-35(41)22-14-17-29(35)25-30-24-28(26-36-30)27-15-9-8-10-16-27/h8-10,15-16,24,26,29,31-33,37-38,41H,2-7,11-14,17-23,25H2,1H3,(H,39,40)/q-1. The number of unbranched alkanes of at least 4 members (excludes halogenated alkanes) is 7. The Kier molecular flexibility index (Phi) is 14.4. The van der Waals surface area contributed by atoms with Crippen molar-refractivity contribution in [1.82, 2.24) is 4.98 Å². The van der Waals surface area contributed by atoms with Gasteiger partial charge in [-0.2, -0.15) is 11.9 Å². The molecule has 1 aromatic carbocycles. The van der Waals surface area contributed by atoms with Crippen LogP contribution in [0, 0.1) is 11.8 Å². The highest BCUT2D eigenvalue weighted by molar-refractivity contribution is 5.70. The molecule has 5 unspecified atom stereocenters. The minimum absolute atomic E-state index is 0.0585. The molecule has 3 rings (SSSR count). The number of benzene rings is 1. The maximum atomic E-state index is 12.0. The molecule has 0 spiro atoms. The normalized spacial score (nSPS) is 21.1. The Labute approximate surface area is 247 Å². The average molecular weight is 569 g/mol. The lowest BCUT2D eigenvalue weighted by Gasteiger charge is -2.33. The topological polar surface area (TPSA) is 112 Å². The molecule has 4 N–H and O–H groups in total. The molecular weight excluding hydrogens is 514 g/mol. The Balaban J connectivity index is 1.37. The van der Waals surface area contributed by atoms with E-state index < -0.39 is 23.6 Å². The third-order valence-corrected chi connectivity index (χ3v) is 9.27. The van der Waals surface area contributed by atoms with Gasteiger partial charge in [-0.25, -0.2) is 0 Å². The fourth-order valence-electron chi connectivity index (χ4n) is 6.61. The van der Waals surface area contributed by atoms with E-state index in [0.29, 0.717) is 25.7 Å². The molecular formula is C35H54NO5-. The van der Waals surface area contributed by atoms with E-state index in [0.717, 1.165) is 74.6 Å². The van der Waals surface area contributed by atoms with Crippen molar-refractivity contribution in [2.75, 3.05) is 0 Å². The number of hydrogen-bond donors (Lipinski definition) is 4. The predicted octanol–water partition coefficient (Wildman–Crippen LogP) is 7.29. The van der Waals surface area contributed by atoms with Gasteiger partial charge in [0.25, 0.3) is 0 Å². The molecule has 0 radical (unpaired) electrons. The maximum absolute atomic E-state index is 12.0. The molecule has 1 fully saturated rings. The smallest absolute Gasteiger partial charge is 0.309 e. The van der Waals surface area contributed by atoms with Crippen molar-refractivity contribution >= 4 is 5.97 Å². The van der Waals surface area contributed by atoms with E-state index in [-0.39, 0.29) is 18.4 Å². The van der Waals surface area contributed by atoms with Crippen LogP contribution in [0.3, 0.4) is 0 Å². The third-order valence-electron chi connectivity index (χ3n) is 9.27. The Bertz CT molecular complexity index is 991. The van der Waals surface area contributed by atoms with Crippen molar-refractivity contribution in [1.29, 1.82) is 0 Å². The summed E-state index contributed by atoms with van der Waals surface area (Å²) in [6.07, 6.45) is 16.4. The lowest BCUT2D eigenvalue weighted by atomic mass is 9.81. The van der Waals surface area contributed by atoms with Gasteiger partial charge in [-0.3, -0.25) is 4.79 Å². The first kappa shape index (κ1) is 33.4. The van der Waals surface area contributed by atoms with Crippen molar-refractivity contribution in [3.05, 3.63) is 48.3 Å². The number of nitrogens with zero attached hydrogens (tertiary/aromatic N) is 1. The van der Waals surface area contributed by atoms with Crippen LogP contribution in [0.4, 0.5) is 0 Å². The number of aromatic nitrogens is 1. The second kappa shape index (κ2) is 17.7. The van der Waals surface area contributed by atoms with Crippen LogP contribution in [0.1, 0.15) is 122 Å². The van der Waals surface area contributed by atoms with Gasteiger partial charge in [-0.15, -0.1) is 0 Å². The highest BCUT2D eigenvalue weighted by Gasteiger charge is 2.41. The molecule has 1 heterocycles. The van der Waals surface area contributed by atoms with Gasteiger partial charge in [-0.05, 0) is 68.4 Å². The van der Waals surface area contributed by atoms with Gasteiger partial charge in [0.2, 0.25) is 0 Å². The molecule has 41 heavy (non-hydrogen) atoms. The molecule has 0 bridgehead atoms. The van der Waals surface area contributed by atoms with Crippen molar-refractivity contribution < 1.29 is 25.2 Å². The summed E-state index contributed by atoms with van der Waals surface area (Å²) in [5.74, 6) is -1.71. The van der Waals surface area contributed by atoms with E-state index in [9.17, 15) is 25.2 Å². The van der Waals surface area contributed by atoms with Crippen LogP contribution >= 0.6 is 0 Å². The molecule has 6 heteroatoms. The molecule has 5 atom stereocenters. The van der Waals surface area contributed by atoms with E-state index in [1.54, 1.807) is 0 Å². The zero-order chi connectivity index (χ0) is 29.5. The molecule has 230 valence electrons. The summed E-state index contributed by atoms with van der Waals surface area (Å²) >= 11 is 0. The summed E-state index contributed by atoms with van der Waals surface area (Å²) in [5, 5.41) is 42.3. The molecule has 1 aliphatic carbocycles. The zero-order valence-corrected chi connectivity index (χ0v) is 25.2. The largest absolute Gasteiger partial charge is 0.667 e. The molecule has 0 aliphatic heterocycles. The maximum Gasteiger partial charge on any atom is 0.309 e. The minimum atomic E-state index is -0.964. The minimum Gasteiger partial charge on any atom is -0.667 e. The van der Waals surface area contributed by atoms with Crippen LogP contribution in [-0.4, -0.2) is 44.2 Å². The summed E-state index contributed by atoms with van der Waals surface area (Å²) in [5.41, 5.74) is 2.28. The number of aliphatic hydroxyl groups excluding tert-OH is 2. The molecule has 0 amide bonds. The summed E-state index contributed by atoms with van der Waals surface area (Å²) in [4.78, 5) is 16.6. The second-order valence-corrected chi connectivity index (χ2v) is 12.5. The van der Waals surface area contributed by atoms with Crippen molar-refractivity contribution in [3.63, 3.8) is 0 Å². The number of carboxylic acids is 1. The monoisotopic (exact) mass is 568 g/mol. The Morgan fingerprint density at radius 3 is 2.24 bits per heavy atom. The van der Waals surface area contributed by atoms with Crippen molar-refractivity contribution in [3.8, 4) is 11.1 Å². The van der Waals surface area contributed by atoms with Crippen LogP contribution in [0.15, 0.2) is 42.6 Å². The highest BCUT2D eigenvalue weighted by atomic mass is 16.4. The van der Waals surface area contributed by atoms with E-state index in [4.69, 9.17) is 0 Å². The van der Waals surface area contributed by atoms with E-state index in [1.165, 1.54) is 25.7 Å². The van der Waals surface area contributed by atoms with Crippen LogP contribution in [0.25, 0.3) is 11.1 Å². The van der Waals surface area contributed by atoms with E-state index >= 15 is 0 Å². The number of aliphatic hydroxyl groups is 3. The van der Waals surface area contributed by atoms with Gasteiger partial charge < -0.3 is 25.4 Å². The van der Waals surface area contributed by atoms with Crippen LogP contribution < -0.4 is 4.98 Å². The lowest BCUT2D eigenvalue weighted by molar-refractivity contribution is -0.146. The Morgan fingerprint density at radius 2 is 1.59 bits per heavy atom. The van der Waals surface area contributed by atoms with Gasteiger partial charge in [0, 0.05) is 0 Å². The van der Waals surface area contributed by atoms with Crippen molar-refractivity contribution in [2.45, 2.75) is 140 Å². The van der Waals surface area contributed by atoms with Crippen LogP contribution in [-0.2, 0) is 11.2 Å². The zero-order valence-electron chi connectivity index (χ0n) is 25.2. The summed E-state index contributed by atoms with van der Waals surface area (Å²) < 4.78 is 0. The summed E-state index contributed by atoms with van der Waals surface area (Å²) in [6.45, 7) is 2.20. The Hall–Kier alpha value is -2.15. The van der Waals surface area contributed by atoms with Crippen LogP contribution in [0.2, 0.25) is 0 Å². The number of aliphatic carboxylic acids is 1. The number of carboxylic acid groups (broad SMARTS) is 1. The SMILES string of the molecule is CCCCCCCC(O)CCCCCCC(C(=O)O)C(O)CCC1(O)CCCC1Cc1cc(-c2ccccc2)c[n-]1. The molecule has 2 aromatic rings. The summed E-state index contributed by atoms with van der Waals surface area (Å²) in [7, 11) is 0. The van der Waals surface area contributed by atoms with Gasteiger partial charge in [0.1, 0.15) is 0 Å². The lowest BCUT2D eigenvalue weighted by Crippen LogP contribution is -2.37. The first-order valence-electron chi connectivity index (χ1n) is 16.3.